The highest BCUT2D eigenvalue weighted by molar-refractivity contribution is 9.10. The number of carbonyl (C=O) groups is 1. The minimum absolute atomic E-state index is 0.0104. The van der Waals surface area contributed by atoms with Crippen molar-refractivity contribution < 1.29 is 4.79 Å². The fourth-order valence-electron chi connectivity index (χ4n) is 5.50. The Balaban J connectivity index is 1.46. The zero-order chi connectivity index (χ0) is 23.4. The molecule has 6 rings (SSSR count). The number of hydrazone groups is 1. The summed E-state index contributed by atoms with van der Waals surface area (Å²) in [6, 6.07) is 15.3. The van der Waals surface area contributed by atoms with E-state index >= 15 is 0 Å². The second kappa shape index (κ2) is 8.06. The first kappa shape index (κ1) is 21.6. The summed E-state index contributed by atoms with van der Waals surface area (Å²) in [7, 11) is 0. The average Bonchev–Trinajstić information content (AvgIpc) is 3.10. The van der Waals surface area contributed by atoms with Gasteiger partial charge in [-0.15, -0.1) is 0 Å². The van der Waals surface area contributed by atoms with Crippen LogP contribution >= 0.6 is 27.5 Å². The van der Waals surface area contributed by atoms with Crippen molar-refractivity contribution in [2.75, 3.05) is 34.4 Å². The lowest BCUT2D eigenvalue weighted by atomic mass is 9.67. The molecule has 1 saturated heterocycles. The number of amides is 1. The van der Waals surface area contributed by atoms with E-state index in [9.17, 15) is 4.79 Å². The largest absolute Gasteiger partial charge is 0.363 e. The van der Waals surface area contributed by atoms with E-state index in [1.165, 1.54) is 5.69 Å². The Morgan fingerprint density at radius 3 is 2.62 bits per heavy atom. The van der Waals surface area contributed by atoms with Crippen LogP contribution < -0.4 is 14.8 Å². The molecule has 9 heteroatoms. The van der Waals surface area contributed by atoms with Crippen LogP contribution in [0.15, 0.2) is 70.5 Å². The average molecular weight is 538 g/mol. The number of anilines is 3. The molecule has 2 aromatic carbocycles. The maximum atomic E-state index is 14.3. The van der Waals surface area contributed by atoms with Gasteiger partial charge in [0.1, 0.15) is 5.41 Å². The monoisotopic (exact) mass is 536 g/mol. The van der Waals surface area contributed by atoms with Gasteiger partial charge in [0.2, 0.25) is 5.95 Å². The van der Waals surface area contributed by atoms with Crippen molar-refractivity contribution in [1.29, 1.82) is 0 Å². The molecule has 0 unspecified atom stereocenters. The molecule has 1 amide bonds. The Morgan fingerprint density at radius 1 is 1.09 bits per heavy atom. The third-order valence-electron chi connectivity index (χ3n) is 7.15. The lowest BCUT2D eigenvalue weighted by molar-refractivity contribution is -0.125. The van der Waals surface area contributed by atoms with Gasteiger partial charge >= 0.3 is 0 Å². The van der Waals surface area contributed by atoms with Crippen molar-refractivity contribution in [1.82, 2.24) is 9.97 Å². The minimum atomic E-state index is -0.791. The zero-order valence-electron chi connectivity index (χ0n) is 18.5. The van der Waals surface area contributed by atoms with Crippen molar-refractivity contribution in [3.63, 3.8) is 0 Å². The summed E-state index contributed by atoms with van der Waals surface area (Å²) in [6.07, 6.45) is 4.10. The lowest BCUT2D eigenvalue weighted by Crippen LogP contribution is -2.67. The first-order valence-corrected chi connectivity index (χ1v) is 12.4. The number of nitrogens with zero attached hydrogens (tertiary/aromatic N) is 6. The molecule has 1 fully saturated rings. The summed E-state index contributed by atoms with van der Waals surface area (Å²) in [6.45, 7) is 4.15. The smallest absolute Gasteiger partial charge is 0.261 e. The van der Waals surface area contributed by atoms with Crippen molar-refractivity contribution >= 4 is 56.5 Å². The third kappa shape index (κ3) is 3.23. The van der Waals surface area contributed by atoms with Gasteiger partial charge in [0.05, 0.1) is 17.4 Å². The Labute approximate surface area is 211 Å². The van der Waals surface area contributed by atoms with E-state index in [2.05, 4.69) is 53.9 Å². The summed E-state index contributed by atoms with van der Waals surface area (Å²) < 4.78 is 1.01. The molecule has 7 nitrogen and oxygen atoms in total. The second-order valence-electron chi connectivity index (χ2n) is 8.90. The highest BCUT2D eigenvalue weighted by Gasteiger charge is 2.60. The van der Waals surface area contributed by atoms with E-state index in [1.54, 1.807) is 29.5 Å². The van der Waals surface area contributed by atoms with Crippen LogP contribution in [0.2, 0.25) is 5.02 Å². The van der Waals surface area contributed by atoms with Crippen molar-refractivity contribution in [2.45, 2.75) is 19.4 Å². The van der Waals surface area contributed by atoms with Crippen molar-refractivity contribution in [3.05, 3.63) is 76.0 Å². The Morgan fingerprint density at radius 2 is 1.85 bits per heavy atom. The van der Waals surface area contributed by atoms with E-state index in [0.29, 0.717) is 23.9 Å². The van der Waals surface area contributed by atoms with Gasteiger partial charge in [0, 0.05) is 47.2 Å². The zero-order valence-corrected chi connectivity index (χ0v) is 20.9. The molecule has 2 atom stereocenters. The highest BCUT2D eigenvalue weighted by Crippen LogP contribution is 2.48. The normalized spacial score (nSPS) is 23.7. The topological polar surface area (TPSA) is 64.9 Å². The predicted octanol–water partition coefficient (Wildman–Crippen LogP) is 4.55. The molecule has 0 N–H and O–H groups in total. The van der Waals surface area contributed by atoms with Crippen LogP contribution in [0.3, 0.4) is 0 Å². The number of piperazine rings is 1. The fourth-order valence-corrected chi connectivity index (χ4v) is 6.03. The summed E-state index contributed by atoms with van der Waals surface area (Å²) in [5.74, 6) is 0.678. The van der Waals surface area contributed by atoms with Crippen LogP contribution in [-0.2, 0) is 11.2 Å². The van der Waals surface area contributed by atoms with E-state index in [1.807, 2.05) is 25.1 Å². The molecular formula is C25H22BrClN6O. The van der Waals surface area contributed by atoms with Gasteiger partial charge in [-0.2, -0.15) is 10.1 Å². The molecule has 1 spiro atoms. The molecule has 3 aromatic rings. The molecular weight excluding hydrogens is 516 g/mol. The molecule has 3 aliphatic heterocycles. The van der Waals surface area contributed by atoms with E-state index in [-0.39, 0.29) is 11.9 Å². The molecule has 3 aliphatic rings. The minimum Gasteiger partial charge on any atom is -0.363 e. The number of fused-ring (bicyclic) bond motifs is 4. The molecule has 34 heavy (non-hydrogen) atoms. The Hall–Kier alpha value is -2.97. The van der Waals surface area contributed by atoms with Gasteiger partial charge in [-0.3, -0.25) is 4.79 Å². The Bertz CT molecular complexity index is 1300. The van der Waals surface area contributed by atoms with Gasteiger partial charge in [-0.1, -0.05) is 27.5 Å². The van der Waals surface area contributed by atoms with Crippen molar-refractivity contribution in [3.8, 4) is 0 Å². The van der Waals surface area contributed by atoms with Gasteiger partial charge in [-0.05, 0) is 67.4 Å². The number of hydrogen-bond acceptors (Lipinski definition) is 6. The molecule has 1 aromatic heterocycles. The maximum absolute atomic E-state index is 14.3. The van der Waals surface area contributed by atoms with Crippen molar-refractivity contribution in [2.24, 2.45) is 10.5 Å². The van der Waals surface area contributed by atoms with Gasteiger partial charge in [0.15, 0.2) is 0 Å². The van der Waals surface area contributed by atoms with Crippen LogP contribution in [0.4, 0.5) is 17.3 Å². The maximum Gasteiger partial charge on any atom is 0.261 e. The van der Waals surface area contributed by atoms with Gasteiger partial charge < -0.3 is 9.80 Å². The summed E-state index contributed by atoms with van der Waals surface area (Å²) in [5, 5.41) is 6.97. The van der Waals surface area contributed by atoms with Crippen LogP contribution in [-0.4, -0.2) is 47.3 Å². The molecule has 0 saturated carbocycles. The number of hydrogen-bond donors (Lipinski definition) is 0. The summed E-state index contributed by atoms with van der Waals surface area (Å²) in [5.41, 5.74) is 3.08. The molecule has 0 bridgehead atoms. The number of halogens is 2. The van der Waals surface area contributed by atoms with Crippen LogP contribution in [0.5, 0.6) is 0 Å². The van der Waals surface area contributed by atoms with Crippen LogP contribution in [0, 0.1) is 5.41 Å². The van der Waals surface area contributed by atoms with Gasteiger partial charge in [0.25, 0.3) is 5.91 Å². The summed E-state index contributed by atoms with van der Waals surface area (Å²) >= 11 is 9.71. The van der Waals surface area contributed by atoms with E-state index in [0.717, 1.165) is 34.5 Å². The standard InChI is InChI=1S/C25H22BrClN6O/c1-16-25(23(34)33(30-16)20-6-4-19(27)5-7-20)14-17-13-18(26)3-8-21(17)32-12-11-31(15-22(25)32)24-28-9-2-10-29-24/h2-10,13,22H,11-12,14-15H2,1H3/t22-,25-/m1/s1. The lowest BCUT2D eigenvalue weighted by Gasteiger charge is -2.53. The Kier molecular flexibility index (Phi) is 5.11. The number of carbonyl (C=O) groups excluding carboxylic acids is 1. The predicted molar refractivity (Wildman–Crippen MR) is 138 cm³/mol. The highest BCUT2D eigenvalue weighted by atomic mass is 79.9. The number of rotatable bonds is 2. The first-order valence-electron chi connectivity index (χ1n) is 11.2. The van der Waals surface area contributed by atoms with Gasteiger partial charge in [-0.25, -0.2) is 9.97 Å². The molecule has 172 valence electrons. The first-order chi connectivity index (χ1) is 16.5. The van der Waals surface area contributed by atoms with E-state index < -0.39 is 5.41 Å². The number of benzene rings is 2. The van der Waals surface area contributed by atoms with Crippen LogP contribution in [0.1, 0.15) is 12.5 Å². The third-order valence-corrected chi connectivity index (χ3v) is 7.89. The molecule has 0 radical (unpaired) electrons. The molecule has 0 aliphatic carbocycles. The van der Waals surface area contributed by atoms with Crippen LogP contribution in [0.25, 0.3) is 0 Å². The SMILES string of the molecule is CC1=NN(c2ccc(Cl)cc2)C(=O)[C@]12Cc1cc(Br)ccc1N1CCN(c3ncccn3)C[C@@H]12. The van der Waals surface area contributed by atoms with E-state index in [4.69, 9.17) is 16.7 Å². The summed E-state index contributed by atoms with van der Waals surface area (Å²) in [4.78, 5) is 27.8. The number of aromatic nitrogens is 2. The quantitative estimate of drug-likeness (QED) is 0.480. The molecule has 4 heterocycles. The second-order valence-corrected chi connectivity index (χ2v) is 10.3. The fraction of sp³-hybridized carbons (Fsp3) is 0.280.